The van der Waals surface area contributed by atoms with Gasteiger partial charge >= 0.3 is 12.1 Å². The molecule has 4 heterocycles. The van der Waals surface area contributed by atoms with Gasteiger partial charge in [-0.15, -0.1) is 0 Å². The number of cyclic esters (lactones) is 1. The Kier molecular flexibility index (Phi) is 5.74. The Morgan fingerprint density at radius 1 is 1.22 bits per heavy atom. The van der Waals surface area contributed by atoms with Crippen LogP contribution >= 0.6 is 0 Å². The molecule has 2 aromatic heterocycles. The number of halogens is 4. The Balaban J connectivity index is 1.60. The molecule has 8 nitrogen and oxygen atoms in total. The van der Waals surface area contributed by atoms with Crippen LogP contribution in [0.2, 0.25) is 0 Å². The highest BCUT2D eigenvalue weighted by Crippen LogP contribution is 2.47. The van der Waals surface area contributed by atoms with Crippen LogP contribution in [0.5, 0.6) is 0 Å². The number of nitrogens with zero attached hydrogens (tertiary/aromatic N) is 2. The second kappa shape index (κ2) is 8.60. The molecule has 3 aromatic rings. The minimum atomic E-state index is -4.79. The van der Waals surface area contributed by atoms with Gasteiger partial charge in [-0.25, -0.2) is 14.2 Å². The van der Waals surface area contributed by atoms with E-state index in [4.69, 9.17) is 9.72 Å². The molecule has 6 rings (SSSR count). The Morgan fingerprint density at radius 3 is 2.59 bits per heavy atom. The van der Waals surface area contributed by atoms with Crippen molar-refractivity contribution in [1.29, 1.82) is 0 Å². The monoisotopic (exact) mass is 573 g/mol. The third kappa shape index (κ3) is 3.62. The van der Waals surface area contributed by atoms with Crippen molar-refractivity contribution in [2.75, 3.05) is 0 Å². The summed E-state index contributed by atoms with van der Waals surface area (Å²) in [4.78, 5) is 43.8. The van der Waals surface area contributed by atoms with Crippen molar-refractivity contribution >= 4 is 22.8 Å². The summed E-state index contributed by atoms with van der Waals surface area (Å²) in [7, 11) is 0. The first-order chi connectivity index (χ1) is 19.1. The standard InChI is InChI=1S/C29H27F4N3O5/c1-5-28(40)16-8-20-23-14(10-36(20)24(37)15(16)11-41-26(28)39)22-18(35-25(38)27(3,4)29(31,32)33)7-6-13-12(2)17(30)9-19(34-23)21(13)22/h8-9,18,40H,5-7,10-11H2,1-4H3,(H,35,38)/t18-,28-/m0/s1. The molecule has 1 amide bonds. The molecule has 2 atom stereocenters. The molecule has 0 spiro atoms. The zero-order valence-electron chi connectivity index (χ0n) is 22.8. The first kappa shape index (κ1) is 27.4. The van der Waals surface area contributed by atoms with E-state index in [1.165, 1.54) is 16.7 Å². The van der Waals surface area contributed by atoms with E-state index >= 15 is 0 Å². The summed E-state index contributed by atoms with van der Waals surface area (Å²) in [6.45, 7) is 4.47. The number of nitrogens with one attached hydrogen (secondary N) is 1. The molecule has 0 saturated carbocycles. The average Bonchev–Trinajstić information content (AvgIpc) is 3.28. The number of pyridine rings is 2. The first-order valence-corrected chi connectivity index (χ1v) is 13.3. The van der Waals surface area contributed by atoms with Crippen LogP contribution in [0, 0.1) is 18.2 Å². The lowest BCUT2D eigenvalue weighted by molar-refractivity contribution is -0.211. The van der Waals surface area contributed by atoms with Gasteiger partial charge in [0.15, 0.2) is 5.60 Å². The lowest BCUT2D eigenvalue weighted by Gasteiger charge is -2.33. The Morgan fingerprint density at radius 2 is 1.93 bits per heavy atom. The molecule has 1 aliphatic carbocycles. The van der Waals surface area contributed by atoms with Gasteiger partial charge in [0, 0.05) is 22.6 Å². The molecule has 216 valence electrons. The zero-order valence-corrected chi connectivity index (χ0v) is 22.8. The molecule has 2 aliphatic heterocycles. The summed E-state index contributed by atoms with van der Waals surface area (Å²) in [5.41, 5.74) is -2.22. The molecule has 2 N–H and O–H groups in total. The van der Waals surface area contributed by atoms with Crippen LogP contribution in [0.4, 0.5) is 17.6 Å². The summed E-state index contributed by atoms with van der Waals surface area (Å²) in [6, 6.07) is 1.88. The van der Waals surface area contributed by atoms with E-state index in [-0.39, 0.29) is 54.0 Å². The normalized spacial score (nSPS) is 21.3. The number of rotatable bonds is 3. The maximum Gasteiger partial charge on any atom is 0.402 e. The van der Waals surface area contributed by atoms with Crippen LogP contribution in [-0.2, 0) is 39.5 Å². The lowest BCUT2D eigenvalue weighted by atomic mass is 9.81. The molecule has 1 aromatic carbocycles. The van der Waals surface area contributed by atoms with Gasteiger partial charge in [0.2, 0.25) is 5.91 Å². The van der Waals surface area contributed by atoms with Gasteiger partial charge in [-0.05, 0) is 62.8 Å². The Bertz CT molecular complexity index is 1760. The van der Waals surface area contributed by atoms with E-state index in [1.807, 2.05) is 0 Å². The molecular weight excluding hydrogens is 546 g/mol. The van der Waals surface area contributed by atoms with Gasteiger partial charge in [0.1, 0.15) is 17.8 Å². The van der Waals surface area contributed by atoms with Crippen molar-refractivity contribution in [1.82, 2.24) is 14.9 Å². The number of alkyl halides is 3. The van der Waals surface area contributed by atoms with E-state index in [0.717, 1.165) is 13.8 Å². The van der Waals surface area contributed by atoms with E-state index < -0.39 is 46.5 Å². The van der Waals surface area contributed by atoms with Crippen LogP contribution in [0.3, 0.4) is 0 Å². The number of amides is 1. The van der Waals surface area contributed by atoms with Crippen LogP contribution in [0.25, 0.3) is 22.3 Å². The number of carbonyl (C=O) groups is 2. The van der Waals surface area contributed by atoms with Crippen molar-refractivity contribution < 1.29 is 37.0 Å². The van der Waals surface area contributed by atoms with Crippen LogP contribution in [0.1, 0.15) is 73.0 Å². The van der Waals surface area contributed by atoms with Gasteiger partial charge in [0.05, 0.1) is 35.1 Å². The maximum atomic E-state index is 15.0. The van der Waals surface area contributed by atoms with Gasteiger partial charge in [-0.3, -0.25) is 9.59 Å². The van der Waals surface area contributed by atoms with Gasteiger partial charge in [0.25, 0.3) is 5.56 Å². The summed E-state index contributed by atoms with van der Waals surface area (Å²) in [5.74, 6) is -2.59. The summed E-state index contributed by atoms with van der Waals surface area (Å²) in [6.07, 6.45) is -4.34. The third-order valence-corrected chi connectivity index (χ3v) is 8.96. The molecule has 0 saturated heterocycles. The third-order valence-electron chi connectivity index (χ3n) is 8.96. The zero-order chi connectivity index (χ0) is 29.8. The smallest absolute Gasteiger partial charge is 0.402 e. The molecule has 12 heteroatoms. The van der Waals surface area contributed by atoms with E-state index in [0.29, 0.717) is 34.1 Å². The minimum Gasteiger partial charge on any atom is -0.458 e. The van der Waals surface area contributed by atoms with E-state index in [9.17, 15) is 37.1 Å². The topological polar surface area (TPSA) is 111 Å². The van der Waals surface area contributed by atoms with Crippen molar-refractivity contribution in [2.45, 2.75) is 77.9 Å². The number of aryl methyl sites for hydroxylation is 1. The highest BCUT2D eigenvalue weighted by molar-refractivity contribution is 5.94. The number of fused-ring (bicyclic) bond motifs is 5. The van der Waals surface area contributed by atoms with Gasteiger partial charge in [-0.2, -0.15) is 13.2 Å². The number of hydrogen-bond acceptors (Lipinski definition) is 6. The van der Waals surface area contributed by atoms with Crippen LogP contribution in [0.15, 0.2) is 16.9 Å². The quantitative estimate of drug-likeness (QED) is 0.281. The van der Waals surface area contributed by atoms with Crippen molar-refractivity contribution in [2.24, 2.45) is 5.41 Å². The predicted octanol–water partition coefficient (Wildman–Crippen LogP) is 4.22. The maximum absolute atomic E-state index is 15.0. The number of carbonyl (C=O) groups excluding carboxylic acids is 2. The summed E-state index contributed by atoms with van der Waals surface area (Å²) >= 11 is 0. The van der Waals surface area contributed by atoms with Crippen molar-refractivity contribution in [3.05, 3.63) is 61.7 Å². The van der Waals surface area contributed by atoms with Crippen LogP contribution in [-0.4, -0.2) is 32.7 Å². The number of benzene rings is 1. The van der Waals surface area contributed by atoms with Gasteiger partial charge in [-0.1, -0.05) is 6.92 Å². The predicted molar refractivity (Wildman–Crippen MR) is 138 cm³/mol. The molecule has 0 radical (unpaired) electrons. The molecule has 3 aliphatic rings. The second-order valence-corrected chi connectivity index (χ2v) is 11.5. The molecule has 41 heavy (non-hydrogen) atoms. The van der Waals surface area contributed by atoms with E-state index in [1.54, 1.807) is 13.8 Å². The fraction of sp³-hybridized carbons (Fsp3) is 0.448. The second-order valence-electron chi connectivity index (χ2n) is 11.5. The molecule has 0 bridgehead atoms. The Hall–Kier alpha value is -3.80. The largest absolute Gasteiger partial charge is 0.458 e. The average molecular weight is 574 g/mol. The highest BCUT2D eigenvalue weighted by atomic mass is 19.4. The number of esters is 1. The van der Waals surface area contributed by atoms with E-state index in [2.05, 4.69) is 5.32 Å². The summed E-state index contributed by atoms with van der Waals surface area (Å²) in [5, 5.41) is 14.3. The Labute approximate surface area is 231 Å². The highest BCUT2D eigenvalue weighted by Gasteiger charge is 2.53. The molecule has 0 unspecified atom stereocenters. The number of ether oxygens (including phenoxy) is 1. The number of aliphatic hydroxyl groups is 1. The molecule has 0 fully saturated rings. The number of hydrogen-bond donors (Lipinski definition) is 2. The lowest BCUT2D eigenvalue weighted by Crippen LogP contribution is -2.48. The number of aromatic nitrogens is 2. The molecular formula is C29H27F4N3O5. The fourth-order valence-corrected chi connectivity index (χ4v) is 6.17. The SMILES string of the molecule is CC[C@@]1(O)C(=O)OCc2c1cc1n(c2=O)Cc2c-1nc1cc(F)c(C)c3c1c2[C@@H](NC(=O)C(C)(C)C(F)(F)F)CC3. The minimum absolute atomic E-state index is 0.0154. The van der Waals surface area contributed by atoms with Crippen LogP contribution < -0.4 is 10.9 Å². The van der Waals surface area contributed by atoms with Crippen molar-refractivity contribution in [3.63, 3.8) is 0 Å². The first-order valence-electron chi connectivity index (χ1n) is 13.3. The van der Waals surface area contributed by atoms with Crippen molar-refractivity contribution in [3.8, 4) is 11.4 Å². The fourth-order valence-electron chi connectivity index (χ4n) is 6.17. The summed E-state index contributed by atoms with van der Waals surface area (Å²) < 4.78 is 62.6. The van der Waals surface area contributed by atoms with Gasteiger partial charge < -0.3 is 19.7 Å².